The lowest BCUT2D eigenvalue weighted by atomic mass is 9.93. The molecule has 5 rings (SSSR count). The molecule has 4 aromatic rings. The number of aliphatic hydroxyl groups excluding tert-OH is 1. The van der Waals surface area contributed by atoms with Gasteiger partial charge >= 0.3 is 0 Å². The van der Waals surface area contributed by atoms with Gasteiger partial charge in [-0.05, 0) is 40.6 Å². The van der Waals surface area contributed by atoms with Crippen LogP contribution in [0.4, 0.5) is 14.5 Å². The average Bonchev–Trinajstić information content (AvgIpc) is 3.10. The van der Waals surface area contributed by atoms with E-state index in [1.807, 2.05) is 18.2 Å². The van der Waals surface area contributed by atoms with Crippen molar-refractivity contribution in [2.75, 3.05) is 4.90 Å². The van der Waals surface area contributed by atoms with Gasteiger partial charge in [0.1, 0.15) is 11.5 Å². The molecule has 168 valence electrons. The predicted octanol–water partition coefficient (Wildman–Crippen LogP) is 5.45. The summed E-state index contributed by atoms with van der Waals surface area (Å²) in [6.45, 7) is 0. The lowest BCUT2D eigenvalue weighted by Gasteiger charge is -2.25. The molecule has 1 heterocycles. The first kappa shape index (κ1) is 21.3. The van der Waals surface area contributed by atoms with E-state index in [1.165, 1.54) is 24.3 Å². The summed E-state index contributed by atoms with van der Waals surface area (Å²) < 4.78 is 27.6. The number of phenolic OH excluding ortho intramolecular Hbond substituents is 1. The highest BCUT2D eigenvalue weighted by Gasteiger charge is 2.47. The fourth-order valence-electron chi connectivity index (χ4n) is 4.32. The fourth-order valence-corrected chi connectivity index (χ4v) is 4.32. The lowest BCUT2D eigenvalue weighted by molar-refractivity contribution is -0.132. The van der Waals surface area contributed by atoms with Gasteiger partial charge in [-0.1, -0.05) is 54.6 Å². The first-order valence-corrected chi connectivity index (χ1v) is 10.4. The van der Waals surface area contributed by atoms with E-state index in [9.17, 15) is 28.6 Å². The third kappa shape index (κ3) is 3.38. The van der Waals surface area contributed by atoms with Crippen LogP contribution in [0.1, 0.15) is 17.2 Å². The Labute approximate surface area is 192 Å². The van der Waals surface area contributed by atoms with Crippen molar-refractivity contribution < 1.29 is 28.6 Å². The lowest BCUT2D eigenvalue weighted by Crippen LogP contribution is -2.29. The van der Waals surface area contributed by atoms with Crippen molar-refractivity contribution >= 4 is 33.9 Å². The van der Waals surface area contributed by atoms with E-state index in [1.54, 1.807) is 30.3 Å². The van der Waals surface area contributed by atoms with Crippen LogP contribution >= 0.6 is 0 Å². The Morgan fingerprint density at radius 3 is 2.32 bits per heavy atom. The Hall–Kier alpha value is -4.52. The van der Waals surface area contributed by atoms with Gasteiger partial charge in [-0.15, -0.1) is 0 Å². The molecule has 1 amide bonds. The molecule has 4 aromatic carbocycles. The SMILES string of the molecule is O=C1C(=O)N(c2ccc(F)c(F)c2)C(c2cccc(O)c2)/C1=C(/O)c1cccc2ccccc12. The number of hydrogen-bond acceptors (Lipinski definition) is 4. The van der Waals surface area contributed by atoms with Crippen molar-refractivity contribution in [3.8, 4) is 5.75 Å². The number of aliphatic hydroxyl groups is 1. The number of carbonyl (C=O) groups excluding carboxylic acids is 2. The van der Waals surface area contributed by atoms with Gasteiger partial charge in [0.2, 0.25) is 0 Å². The fraction of sp³-hybridized carbons (Fsp3) is 0.0370. The van der Waals surface area contributed by atoms with Crippen LogP contribution in [0.2, 0.25) is 0 Å². The summed E-state index contributed by atoms with van der Waals surface area (Å²) >= 11 is 0. The Kier molecular flexibility index (Phi) is 5.09. The van der Waals surface area contributed by atoms with Gasteiger partial charge in [-0.25, -0.2) is 8.78 Å². The summed E-state index contributed by atoms with van der Waals surface area (Å²) in [4.78, 5) is 27.4. The highest BCUT2D eigenvalue weighted by atomic mass is 19.2. The van der Waals surface area contributed by atoms with E-state index in [0.29, 0.717) is 16.5 Å². The van der Waals surface area contributed by atoms with Crippen molar-refractivity contribution in [1.29, 1.82) is 0 Å². The Balaban J connectivity index is 1.79. The minimum Gasteiger partial charge on any atom is -0.508 e. The number of rotatable bonds is 3. The minimum atomic E-state index is -1.19. The molecule has 1 aliphatic heterocycles. The van der Waals surface area contributed by atoms with E-state index >= 15 is 0 Å². The van der Waals surface area contributed by atoms with Crippen molar-refractivity contribution in [1.82, 2.24) is 0 Å². The molecule has 2 N–H and O–H groups in total. The molecule has 1 aliphatic rings. The Morgan fingerprint density at radius 1 is 0.824 bits per heavy atom. The Bertz CT molecular complexity index is 1510. The van der Waals surface area contributed by atoms with Crippen LogP contribution in [0, 0.1) is 11.6 Å². The maximum absolute atomic E-state index is 14.0. The number of halogens is 2. The number of benzene rings is 4. The van der Waals surface area contributed by atoms with Gasteiger partial charge in [0.05, 0.1) is 11.6 Å². The second kappa shape index (κ2) is 8.12. The minimum absolute atomic E-state index is 0.0636. The van der Waals surface area contributed by atoms with E-state index in [0.717, 1.165) is 22.4 Å². The topological polar surface area (TPSA) is 77.8 Å². The predicted molar refractivity (Wildman–Crippen MR) is 123 cm³/mol. The summed E-state index contributed by atoms with van der Waals surface area (Å²) in [5.41, 5.74) is 0.361. The largest absolute Gasteiger partial charge is 0.508 e. The molecule has 7 heteroatoms. The molecule has 1 fully saturated rings. The van der Waals surface area contributed by atoms with Crippen LogP contribution in [0.3, 0.4) is 0 Å². The molecule has 1 unspecified atom stereocenters. The molecule has 0 aliphatic carbocycles. The zero-order valence-corrected chi connectivity index (χ0v) is 17.6. The molecule has 1 saturated heterocycles. The normalized spacial score (nSPS) is 17.5. The molecule has 0 bridgehead atoms. The number of phenols is 1. The number of nitrogens with zero attached hydrogens (tertiary/aromatic N) is 1. The van der Waals surface area contributed by atoms with Crippen LogP contribution in [-0.2, 0) is 9.59 Å². The number of aromatic hydroxyl groups is 1. The van der Waals surface area contributed by atoms with Crippen LogP contribution < -0.4 is 4.90 Å². The Morgan fingerprint density at radius 2 is 1.56 bits per heavy atom. The van der Waals surface area contributed by atoms with Crippen molar-refractivity contribution in [2.45, 2.75) is 6.04 Å². The van der Waals surface area contributed by atoms with Crippen LogP contribution in [0.25, 0.3) is 16.5 Å². The maximum atomic E-state index is 14.0. The first-order chi connectivity index (χ1) is 16.4. The van der Waals surface area contributed by atoms with Gasteiger partial charge in [0.25, 0.3) is 11.7 Å². The molecule has 0 aromatic heterocycles. The summed E-state index contributed by atoms with van der Waals surface area (Å²) in [5, 5.41) is 22.9. The van der Waals surface area contributed by atoms with E-state index in [2.05, 4.69) is 0 Å². The number of anilines is 1. The molecular formula is C27H17F2NO4. The smallest absolute Gasteiger partial charge is 0.300 e. The molecule has 0 radical (unpaired) electrons. The van der Waals surface area contributed by atoms with Crippen LogP contribution in [-0.4, -0.2) is 21.9 Å². The molecule has 5 nitrogen and oxygen atoms in total. The first-order valence-electron chi connectivity index (χ1n) is 10.4. The quantitative estimate of drug-likeness (QED) is 0.244. The van der Waals surface area contributed by atoms with E-state index in [-0.39, 0.29) is 17.0 Å². The third-order valence-corrected chi connectivity index (χ3v) is 5.86. The van der Waals surface area contributed by atoms with Crippen molar-refractivity contribution in [3.05, 3.63) is 113 Å². The summed E-state index contributed by atoms with van der Waals surface area (Å²) in [6.07, 6.45) is 0. The molecular weight excluding hydrogens is 440 g/mol. The zero-order valence-electron chi connectivity index (χ0n) is 17.6. The second-order valence-corrected chi connectivity index (χ2v) is 7.89. The van der Waals surface area contributed by atoms with Crippen LogP contribution in [0.15, 0.2) is 90.5 Å². The van der Waals surface area contributed by atoms with Crippen LogP contribution in [0.5, 0.6) is 5.75 Å². The van der Waals surface area contributed by atoms with Crippen molar-refractivity contribution in [2.24, 2.45) is 0 Å². The number of ketones is 1. The van der Waals surface area contributed by atoms with E-state index in [4.69, 9.17) is 0 Å². The van der Waals surface area contributed by atoms with Crippen molar-refractivity contribution in [3.63, 3.8) is 0 Å². The summed E-state index contributed by atoms with van der Waals surface area (Å²) in [5.74, 6) is -4.83. The van der Waals surface area contributed by atoms with Gasteiger partial charge in [0.15, 0.2) is 11.6 Å². The standard InChI is InChI=1S/C27H17F2NO4/c28-21-12-11-17(14-22(21)29)30-24(16-7-3-8-18(31)13-16)23(26(33)27(30)34)25(32)20-10-4-6-15-5-1-2-9-19(15)20/h1-14,24,31-32H/b25-23-. The summed E-state index contributed by atoms with van der Waals surface area (Å²) in [6, 6.07) is 19.9. The average molecular weight is 457 g/mol. The highest BCUT2D eigenvalue weighted by molar-refractivity contribution is 6.51. The molecule has 0 saturated carbocycles. The zero-order chi connectivity index (χ0) is 24.0. The third-order valence-electron chi connectivity index (χ3n) is 5.86. The number of fused-ring (bicyclic) bond motifs is 1. The van der Waals surface area contributed by atoms with Gasteiger partial charge in [-0.3, -0.25) is 14.5 Å². The molecule has 1 atom stereocenters. The van der Waals surface area contributed by atoms with E-state index < -0.39 is 35.1 Å². The van der Waals surface area contributed by atoms with Gasteiger partial charge in [0, 0.05) is 17.3 Å². The molecule has 34 heavy (non-hydrogen) atoms. The second-order valence-electron chi connectivity index (χ2n) is 7.89. The number of amides is 1. The maximum Gasteiger partial charge on any atom is 0.300 e. The monoisotopic (exact) mass is 457 g/mol. The van der Waals surface area contributed by atoms with Gasteiger partial charge < -0.3 is 10.2 Å². The van der Waals surface area contributed by atoms with Gasteiger partial charge in [-0.2, -0.15) is 0 Å². The summed E-state index contributed by atoms with van der Waals surface area (Å²) in [7, 11) is 0. The number of hydrogen-bond donors (Lipinski definition) is 2. The molecule has 0 spiro atoms. The number of carbonyl (C=O) groups is 2. The number of Topliss-reactive ketones (excluding diaryl/α,β-unsaturated/α-hetero) is 1. The highest BCUT2D eigenvalue weighted by Crippen LogP contribution is 2.43.